The Morgan fingerprint density at radius 2 is 1.64 bits per heavy atom. The van der Waals surface area contributed by atoms with Crippen LogP contribution in [0.25, 0.3) is 0 Å². The van der Waals surface area contributed by atoms with Crippen molar-refractivity contribution in [2.24, 2.45) is 5.73 Å². The van der Waals surface area contributed by atoms with Crippen molar-refractivity contribution in [3.63, 3.8) is 0 Å². The van der Waals surface area contributed by atoms with Crippen molar-refractivity contribution in [1.82, 2.24) is 10.2 Å². The number of H-pyrrole nitrogens is 1. The molecule has 0 spiro atoms. The van der Waals surface area contributed by atoms with Gasteiger partial charge in [0.05, 0.1) is 11.1 Å². The van der Waals surface area contributed by atoms with Crippen LogP contribution < -0.4 is 5.73 Å². The van der Waals surface area contributed by atoms with Crippen LogP contribution in [0.3, 0.4) is 0 Å². The summed E-state index contributed by atoms with van der Waals surface area (Å²) in [7, 11) is 0.663. The summed E-state index contributed by atoms with van der Waals surface area (Å²) in [6.07, 6.45) is 1.03. The lowest BCUT2D eigenvalue weighted by molar-refractivity contribution is -0.0328. The minimum absolute atomic E-state index is 0.0392. The average Bonchev–Trinajstić information content (AvgIpc) is 2.57. The Hall–Kier alpha value is 0.0238. The lowest BCUT2D eigenvalue weighted by Gasteiger charge is -2.25. The third kappa shape index (κ3) is 11.6. The largest absolute Gasteiger partial charge is 0.446 e. The zero-order valence-corrected chi connectivity index (χ0v) is 17.9. The first-order valence-electron chi connectivity index (χ1n) is 6.40. The molecule has 0 saturated carbocycles. The number of nitrogens with one attached hydrogen (secondary N) is 1. The van der Waals surface area contributed by atoms with Gasteiger partial charge in [0.1, 0.15) is 25.1 Å². The van der Waals surface area contributed by atoms with Crippen LogP contribution in [0.4, 0.5) is 13.2 Å². The molecule has 0 aromatic carbocycles. The van der Waals surface area contributed by atoms with Crippen LogP contribution in [-0.4, -0.2) is 35.1 Å². The number of rotatable bonds is 4. The molecular weight excluding hydrogens is 384 g/mol. The maximum absolute atomic E-state index is 11.9. The van der Waals surface area contributed by atoms with Gasteiger partial charge < -0.3 is 5.73 Å². The van der Waals surface area contributed by atoms with Crippen molar-refractivity contribution in [3.8, 4) is 0 Å². The van der Waals surface area contributed by atoms with E-state index in [1.165, 1.54) is 0 Å². The highest BCUT2D eigenvalue weighted by molar-refractivity contribution is 8.49. The van der Waals surface area contributed by atoms with Crippen molar-refractivity contribution >= 4 is 54.1 Å². The lowest BCUT2D eigenvalue weighted by Crippen LogP contribution is -2.27. The molecule has 1 aromatic rings. The van der Waals surface area contributed by atoms with Crippen LogP contribution in [0, 0.1) is 0 Å². The third-order valence-corrected chi connectivity index (χ3v) is 18.6. The molecule has 0 aliphatic heterocycles. The highest BCUT2D eigenvalue weighted by atomic mass is 32.5. The second-order valence-electron chi connectivity index (χ2n) is 6.35. The summed E-state index contributed by atoms with van der Waals surface area (Å²) in [6.45, 7) is 14.6. The Morgan fingerprint density at radius 3 is 1.91 bits per heavy atom. The van der Waals surface area contributed by atoms with Crippen LogP contribution in [0.2, 0.25) is 39.3 Å². The highest BCUT2D eigenvalue weighted by Crippen LogP contribution is 2.37. The van der Waals surface area contributed by atoms with Crippen LogP contribution in [0.5, 0.6) is 0 Å². The minimum Gasteiger partial charge on any atom is -0.388 e. The van der Waals surface area contributed by atoms with Gasteiger partial charge in [0.2, 0.25) is 0 Å². The Kier molecular flexibility index (Phi) is 8.23. The molecule has 0 aliphatic carbocycles. The van der Waals surface area contributed by atoms with Gasteiger partial charge in [-0.3, -0.25) is 5.10 Å². The molecule has 0 radical (unpaired) electrons. The molecule has 0 saturated heterocycles. The fourth-order valence-electron chi connectivity index (χ4n) is 1.57. The Bertz CT molecular complexity index is 481. The smallest absolute Gasteiger partial charge is 0.388 e. The van der Waals surface area contributed by atoms with Gasteiger partial charge in [0.15, 0.2) is 0 Å². The van der Waals surface area contributed by atoms with Gasteiger partial charge in [-0.2, -0.15) is 18.3 Å². The van der Waals surface area contributed by atoms with E-state index in [1.54, 1.807) is 0 Å². The predicted molar refractivity (Wildman–Crippen MR) is 101 cm³/mol. The number of alkyl halides is 3. The van der Waals surface area contributed by atoms with Gasteiger partial charge in [-0.1, -0.05) is 51.5 Å². The van der Waals surface area contributed by atoms with E-state index in [0.29, 0.717) is 0 Å². The molecule has 0 aliphatic rings. The van der Waals surface area contributed by atoms with E-state index in [0.717, 1.165) is 6.20 Å². The van der Waals surface area contributed by atoms with Crippen molar-refractivity contribution < 1.29 is 13.2 Å². The van der Waals surface area contributed by atoms with Gasteiger partial charge >= 0.3 is 5.51 Å². The molecule has 0 fully saturated rings. The Morgan fingerprint density at radius 1 is 1.18 bits per heavy atom. The second-order valence-corrected chi connectivity index (χ2v) is 26.3. The molecule has 1 heterocycles. The zero-order valence-electron chi connectivity index (χ0n) is 13.5. The second kappa shape index (κ2) is 8.22. The number of nitrogens with two attached hydrogens (primary N) is 1. The Labute approximate surface area is 144 Å². The van der Waals surface area contributed by atoms with Crippen molar-refractivity contribution in [2.75, 3.05) is 0 Å². The first kappa shape index (κ1) is 22.0. The van der Waals surface area contributed by atoms with Crippen LogP contribution in [0.15, 0.2) is 11.1 Å². The molecule has 0 atom stereocenters. The van der Waals surface area contributed by atoms with Gasteiger partial charge in [0.25, 0.3) is 0 Å². The van der Waals surface area contributed by atoms with E-state index in [2.05, 4.69) is 72.4 Å². The number of nitrogens with zero attached hydrogens (tertiary/aromatic N) is 1. The normalized spacial score (nSPS) is 12.6. The van der Waals surface area contributed by atoms with Crippen molar-refractivity contribution in [2.45, 2.75) is 49.7 Å². The summed E-state index contributed by atoms with van der Waals surface area (Å²) in [6, 6.07) is 0. The number of halogens is 3. The summed E-state index contributed by atoms with van der Waals surface area (Å²) in [5.74, 6) is 0. The fraction of sp³-hybridized carbons (Fsp3) is 0.636. The lowest BCUT2D eigenvalue weighted by atomic mass is 10.4. The van der Waals surface area contributed by atoms with E-state index < -0.39 is 20.0 Å². The van der Waals surface area contributed by atoms with E-state index in [9.17, 15) is 13.2 Å². The fourth-order valence-corrected chi connectivity index (χ4v) is 26.3. The average molecular weight is 406 g/mol. The highest BCUT2D eigenvalue weighted by Gasteiger charge is 2.31. The number of aromatic nitrogens is 2. The van der Waals surface area contributed by atoms with Gasteiger partial charge in [-0.25, -0.2) is 10.7 Å². The van der Waals surface area contributed by atoms with Crippen LogP contribution >= 0.6 is 34.6 Å². The van der Waals surface area contributed by atoms with Gasteiger partial charge in [-0.05, 0) is 11.8 Å². The summed E-state index contributed by atoms with van der Waals surface area (Å²) in [5, 5.41) is 5.70. The minimum atomic E-state index is -4.36. The first-order chi connectivity index (χ1) is 9.61. The maximum Gasteiger partial charge on any atom is 0.446 e. The van der Waals surface area contributed by atoms with Gasteiger partial charge in [-0.15, -0.1) is 0 Å². The van der Waals surface area contributed by atoms with E-state index in [1.807, 2.05) is 0 Å². The topological polar surface area (TPSA) is 54.7 Å². The summed E-state index contributed by atoms with van der Waals surface area (Å²) in [5.41, 5.74) is 0.839. The number of thiocarbonyl (C=S) groups is 1. The molecule has 128 valence electrons. The molecule has 11 heteroatoms. The number of thioether (sulfide) groups is 1. The molecule has 1 aromatic heterocycles. The third-order valence-electron chi connectivity index (χ3n) is 1.69. The zero-order chi connectivity index (χ0) is 17.8. The van der Waals surface area contributed by atoms with Crippen LogP contribution in [0.1, 0.15) is 5.69 Å². The molecule has 0 amide bonds. The standard InChI is InChI=1S/C6H18SSi2.C5H4F3N3S2/c1-8(2,3)7-9(4,5)6;6-5(7,8)13-2-1-10-11-3(2)4(9)12/h1-6H3;1H,(H2,9,12)(H,10,11). The summed E-state index contributed by atoms with van der Waals surface area (Å²) in [4.78, 5) is -0.246. The number of hydrogen-bond acceptors (Lipinski definition) is 4. The Balaban J connectivity index is 0.000000433. The first-order valence-corrected chi connectivity index (χ1v) is 16.9. The quantitative estimate of drug-likeness (QED) is 0.417. The summed E-state index contributed by atoms with van der Waals surface area (Å²) < 4.78 is 35.7. The molecule has 0 unspecified atom stereocenters. The predicted octanol–water partition coefficient (Wildman–Crippen LogP) is 5.05. The van der Waals surface area contributed by atoms with Gasteiger partial charge in [0, 0.05) is 0 Å². The number of hydrogen-bond donors (Lipinski definition) is 2. The molecular formula is C11H22F3N3S3Si2. The van der Waals surface area contributed by atoms with Crippen LogP contribution in [-0.2, 0) is 0 Å². The molecule has 3 nitrogen and oxygen atoms in total. The molecule has 1 rings (SSSR count). The molecule has 22 heavy (non-hydrogen) atoms. The number of aromatic amines is 1. The SMILES string of the molecule is C[Si](C)(C)S[Si](C)(C)C.NC(=S)c1[nH]ncc1SC(F)(F)F. The summed E-state index contributed by atoms with van der Waals surface area (Å²) >= 11 is 4.22. The molecule has 3 N–H and O–H groups in total. The van der Waals surface area contributed by atoms with Crippen molar-refractivity contribution in [3.05, 3.63) is 11.9 Å². The van der Waals surface area contributed by atoms with E-state index in [-0.39, 0.29) is 27.3 Å². The van der Waals surface area contributed by atoms with Crippen molar-refractivity contribution in [1.29, 1.82) is 0 Å². The van der Waals surface area contributed by atoms with E-state index >= 15 is 0 Å². The molecule has 0 bridgehead atoms. The maximum atomic E-state index is 11.9. The monoisotopic (exact) mass is 405 g/mol. The van der Waals surface area contributed by atoms with E-state index in [4.69, 9.17) is 5.73 Å².